The number of rotatable bonds is 19. The van der Waals surface area contributed by atoms with E-state index < -0.39 is 0 Å². The van der Waals surface area contributed by atoms with E-state index >= 15 is 0 Å². The van der Waals surface area contributed by atoms with Gasteiger partial charge in [0.2, 0.25) is 17.9 Å². The van der Waals surface area contributed by atoms with Gasteiger partial charge in [-0.25, -0.2) is 34.9 Å². The molecule has 0 saturated heterocycles. The van der Waals surface area contributed by atoms with Gasteiger partial charge in [0.1, 0.15) is 0 Å². The second kappa shape index (κ2) is 61.2. The molecule has 8 aromatic rings. The average molecular weight is 1960 g/mol. The van der Waals surface area contributed by atoms with Crippen molar-refractivity contribution in [3.8, 4) is 0 Å². The van der Waals surface area contributed by atoms with Crippen molar-refractivity contribution in [1.29, 1.82) is 0 Å². The van der Waals surface area contributed by atoms with Gasteiger partial charge >= 0.3 is 0 Å². The summed E-state index contributed by atoms with van der Waals surface area (Å²) in [6, 6.07) is 82.8. The molecule has 0 aliphatic heterocycles. The third-order valence-electron chi connectivity index (χ3n) is 27.2. The van der Waals surface area contributed by atoms with E-state index in [1.807, 2.05) is 103 Å². The Balaban J connectivity index is 0.000000161. The van der Waals surface area contributed by atoms with E-state index in [1.54, 1.807) is 0 Å². The minimum atomic E-state index is 0.0474. The van der Waals surface area contributed by atoms with Crippen LogP contribution >= 0.6 is 0 Å². The zero-order valence-electron chi connectivity index (χ0n) is 91.0. The molecule has 0 aromatic heterocycles. The first-order valence-electron chi connectivity index (χ1n) is 55.9. The molecule has 0 unspecified atom stereocenters. The third kappa shape index (κ3) is 45.9. The fourth-order valence-electron chi connectivity index (χ4n) is 20.8. The maximum atomic E-state index is 5.35. The largest absolute Gasteiger partial charge is 0.354 e. The minimum Gasteiger partial charge on any atom is -0.354 e. The van der Waals surface area contributed by atoms with E-state index in [9.17, 15) is 0 Å². The first kappa shape index (κ1) is 113. The Morgan fingerprint density at radius 1 is 0.257 bits per heavy atom. The van der Waals surface area contributed by atoms with Crippen LogP contribution in [-0.4, -0.2) is 119 Å². The zero-order chi connectivity index (χ0) is 102. The molecule has 10 fully saturated rings. The van der Waals surface area contributed by atoms with Crippen molar-refractivity contribution in [3.05, 3.63) is 242 Å². The lowest BCUT2D eigenvalue weighted by molar-refractivity contribution is 0.00168. The summed E-state index contributed by atoms with van der Waals surface area (Å²) >= 11 is 0. The highest BCUT2D eigenvalue weighted by molar-refractivity contribution is 6.06. The number of hydrogen-bond acceptors (Lipinski definition) is 7. The number of benzene rings is 8. The molecule has 4 bridgehead atoms. The lowest BCUT2D eigenvalue weighted by atomic mass is 9.53. The Hall–Kier alpha value is -11.4. The van der Waals surface area contributed by atoms with Crippen molar-refractivity contribution in [2.45, 2.75) is 419 Å². The van der Waals surface area contributed by atoms with Crippen LogP contribution in [-0.2, 0) is 0 Å². The van der Waals surface area contributed by atoms with Crippen LogP contribution in [0.25, 0.3) is 0 Å². The van der Waals surface area contributed by atoms with E-state index in [0.717, 1.165) is 99.0 Å². The van der Waals surface area contributed by atoms with Gasteiger partial charge in [-0.05, 0) is 341 Å². The normalized spacial score (nSPS) is 19.3. The van der Waals surface area contributed by atoms with Crippen LogP contribution in [0.2, 0.25) is 0 Å². The van der Waals surface area contributed by atoms with Gasteiger partial charge in [0, 0.05) is 81.1 Å². The van der Waals surface area contributed by atoms with E-state index in [-0.39, 0.29) is 16.6 Å². The fourth-order valence-corrected chi connectivity index (χ4v) is 20.8. The molecule has 21 heteroatoms. The summed E-state index contributed by atoms with van der Waals surface area (Å²) in [5.41, 5.74) is 11.0. The smallest absolute Gasteiger partial charge is 0.205 e. The molecule has 0 spiro atoms. The fraction of sp³-hybridized carbons (Fsp3) is 0.553. The molecule has 18 rings (SSSR count). The van der Waals surface area contributed by atoms with Crippen LogP contribution in [0.15, 0.2) is 265 Å². The van der Waals surface area contributed by atoms with Crippen molar-refractivity contribution in [3.63, 3.8) is 0 Å². The number of para-hydroxylation sites is 6. The SMILES string of the molecule is CC(C)(C)NC(=NC1CCCCC1)NC(C)(C)C.CC(C)NC(=NC1CCCCC1)NC(C)C.CC(C)NC(=NC1CCCCC1)NC(C)C.Cc1ccc(N=C(Nc2ccccc2)Nc2ccc(C)cc2)cc1.c1ccc(NC(=NC23CC4CC(CC(C4)C2)C3)Nc2ccccc2)cc1.c1ccc(NC(=NC2CCCCC2)NC2CCCCC2)cc1.c1ccc(NC(=NC2CCCCC2)Nc2ccccc2)cc1. The predicted molar refractivity (Wildman–Crippen MR) is 622 cm³/mol. The van der Waals surface area contributed by atoms with E-state index in [1.165, 1.54) is 242 Å². The second-order valence-electron chi connectivity index (χ2n) is 45.1. The maximum Gasteiger partial charge on any atom is 0.205 e. The molecule has 10 aliphatic carbocycles. The van der Waals surface area contributed by atoms with Crippen LogP contribution in [0.3, 0.4) is 0 Å². The summed E-state index contributed by atoms with van der Waals surface area (Å²) in [5.74, 6) is 9.04. The van der Waals surface area contributed by atoms with Crippen LogP contribution in [0.4, 0.5) is 45.5 Å². The molecule has 21 nitrogen and oxygen atoms in total. The van der Waals surface area contributed by atoms with Crippen molar-refractivity contribution < 1.29 is 0 Å². The molecule has 10 saturated carbocycles. The van der Waals surface area contributed by atoms with Gasteiger partial charge in [-0.2, -0.15) is 0 Å². The topological polar surface area (TPSA) is 255 Å². The highest BCUT2D eigenvalue weighted by Gasteiger charge is 2.51. The summed E-state index contributed by atoms with van der Waals surface area (Å²) in [5, 5.41) is 48.4. The Morgan fingerprint density at radius 3 is 0.778 bits per heavy atom. The Kier molecular flexibility index (Phi) is 48.0. The van der Waals surface area contributed by atoms with Crippen molar-refractivity contribution >= 4 is 87.2 Å². The Labute approximate surface area is 869 Å². The average Bonchev–Trinajstić information content (AvgIpc) is 0.745. The van der Waals surface area contributed by atoms with Crippen LogP contribution < -0.4 is 74.4 Å². The quantitative estimate of drug-likeness (QED) is 0.0266. The highest BCUT2D eigenvalue weighted by atomic mass is 15.3. The van der Waals surface area contributed by atoms with E-state index in [0.29, 0.717) is 66.4 Å². The van der Waals surface area contributed by atoms with Gasteiger partial charge in [0.25, 0.3) is 0 Å². The second-order valence-corrected chi connectivity index (χ2v) is 45.1. The maximum absolute atomic E-state index is 5.35. The molecule has 0 heterocycles. The molecule has 0 atom stereocenters. The number of guanidine groups is 7. The molecular weight excluding hydrogens is 1770 g/mol. The molecule has 10 aliphatic rings. The number of nitrogens with zero attached hydrogens (tertiary/aromatic N) is 7. The number of anilines is 7. The Bertz CT molecular complexity index is 4830. The van der Waals surface area contributed by atoms with Gasteiger partial charge in [-0.15, -0.1) is 0 Å². The monoisotopic (exact) mass is 1960 g/mol. The standard InChI is InChI=1S/C23H27N3.C21H21N3.C19H29N3.C19H23N3.C15H31N3.2C13H27N3/c1-3-7-20(8-4-1)24-22(25-21-9-5-2-6-10-21)26-23-14-17-11-18(15-23)13-19(12-17)16-23;1-16-8-12-19(13-9-16)23-21(22-18-6-4-3-5-7-18)24-20-14-10-17(2)11-15-20;2*1-4-10-16(11-5-1)20-19(21-17-12-6-2-7-13-17)22-18-14-8-3-9-15-18;1-14(2,3)17-13(18-15(4,5)6)16-12-10-8-7-9-11-12;2*1-10(2)14-13(15-11(3)4)16-12-8-6-5-7-9-12/h1-10,17-19H,11-16H2,(H2,24,25,26);3-15H,1-2H3,(H2,22,23,24);1,4-5,10-11,17-18H,2-3,6-9,12-15H2,(H2,20,21,22);1-2,4-7,10-13,18H,3,8-9,14-15H2,(H2,20,21,22);12H,7-11H2,1-6H3,(H2,16,17,18);2*10-12H,5-9H2,1-4H3,(H2,14,15,16). The highest BCUT2D eigenvalue weighted by Crippen LogP contribution is 2.57. The van der Waals surface area contributed by atoms with Gasteiger partial charge in [0.05, 0.1) is 41.4 Å². The first-order chi connectivity index (χ1) is 69.6. The lowest BCUT2D eigenvalue weighted by Crippen LogP contribution is -2.53. The van der Waals surface area contributed by atoms with Crippen LogP contribution in [0, 0.1) is 31.6 Å². The molecule has 0 amide bonds. The Morgan fingerprint density at radius 2 is 0.493 bits per heavy atom. The van der Waals surface area contributed by atoms with Crippen LogP contribution in [0.5, 0.6) is 0 Å². The van der Waals surface area contributed by atoms with Crippen molar-refractivity contribution in [1.82, 2.24) is 37.2 Å². The van der Waals surface area contributed by atoms with Gasteiger partial charge in [0.15, 0.2) is 23.8 Å². The minimum absolute atomic E-state index is 0.0474. The zero-order valence-corrected chi connectivity index (χ0v) is 91.0. The van der Waals surface area contributed by atoms with E-state index in [2.05, 4.69) is 313 Å². The number of aryl methyl sites for hydroxylation is 2. The number of aliphatic imine (C=N–C) groups is 7. The van der Waals surface area contributed by atoms with E-state index in [4.69, 9.17) is 34.9 Å². The molecule has 14 N–H and O–H groups in total. The molecule has 144 heavy (non-hydrogen) atoms. The third-order valence-corrected chi connectivity index (χ3v) is 27.2. The molecule has 0 radical (unpaired) electrons. The molecule has 8 aromatic carbocycles. The molecular formula is C123H185N21. The molecule has 782 valence electrons. The summed E-state index contributed by atoms with van der Waals surface area (Å²) in [6.07, 6.45) is 47.3. The predicted octanol–water partition coefficient (Wildman–Crippen LogP) is 29.5. The summed E-state index contributed by atoms with van der Waals surface area (Å²) in [4.78, 5) is 34.5. The van der Waals surface area contributed by atoms with Gasteiger partial charge in [-0.1, -0.05) is 260 Å². The number of nitrogens with one attached hydrogen (secondary N) is 14. The van der Waals surface area contributed by atoms with Crippen molar-refractivity contribution in [2.24, 2.45) is 52.7 Å². The van der Waals surface area contributed by atoms with Crippen molar-refractivity contribution in [2.75, 3.05) is 37.2 Å². The number of hydrogen-bond donors (Lipinski definition) is 14. The summed E-state index contributed by atoms with van der Waals surface area (Å²) < 4.78 is 0. The lowest BCUT2D eigenvalue weighted by Gasteiger charge is -2.55. The van der Waals surface area contributed by atoms with Crippen LogP contribution in [0.1, 0.15) is 339 Å². The summed E-state index contributed by atoms with van der Waals surface area (Å²) in [6.45, 7) is 34.4. The first-order valence-corrected chi connectivity index (χ1v) is 55.9. The summed E-state index contributed by atoms with van der Waals surface area (Å²) in [7, 11) is 0. The van der Waals surface area contributed by atoms with Gasteiger partial charge in [-0.3, -0.25) is 0 Å². The van der Waals surface area contributed by atoms with Gasteiger partial charge < -0.3 is 74.4 Å².